The third kappa shape index (κ3) is 3.91. The van der Waals surface area contributed by atoms with Crippen LogP contribution in [-0.2, 0) is 9.47 Å². The summed E-state index contributed by atoms with van der Waals surface area (Å²) in [6, 6.07) is 0. The lowest BCUT2D eigenvalue weighted by molar-refractivity contribution is -0.275. The lowest BCUT2D eigenvalue weighted by Crippen LogP contribution is -2.40. The monoisotopic (exact) mass is 226 g/mol. The van der Waals surface area contributed by atoms with Gasteiger partial charge in [-0.25, -0.2) is 0 Å². The third-order valence-corrected chi connectivity index (χ3v) is 3.37. The van der Waals surface area contributed by atoms with Crippen LogP contribution in [0, 0.1) is 5.92 Å². The molecule has 0 aromatic rings. The van der Waals surface area contributed by atoms with E-state index < -0.39 is 5.79 Å². The molecular weight excluding hydrogens is 200 g/mol. The van der Waals surface area contributed by atoms with Gasteiger partial charge in [0, 0.05) is 0 Å². The van der Waals surface area contributed by atoms with Gasteiger partial charge in [-0.2, -0.15) is 0 Å². The van der Waals surface area contributed by atoms with Gasteiger partial charge in [-0.3, -0.25) is 0 Å². The minimum absolute atomic E-state index is 0.347. The van der Waals surface area contributed by atoms with Gasteiger partial charge in [0.1, 0.15) is 0 Å². The second-order valence-electron chi connectivity index (χ2n) is 5.13. The first-order valence-corrected chi connectivity index (χ1v) is 6.45. The number of ether oxygens (including phenoxy) is 2. The Labute approximate surface area is 100 Å². The van der Waals surface area contributed by atoms with Crippen molar-refractivity contribution in [3.05, 3.63) is 11.6 Å². The van der Waals surface area contributed by atoms with Gasteiger partial charge in [-0.1, -0.05) is 25.5 Å². The molecule has 1 saturated heterocycles. The molecule has 1 aliphatic rings. The zero-order chi connectivity index (χ0) is 12.2. The van der Waals surface area contributed by atoms with Gasteiger partial charge in [-0.05, 0) is 46.0 Å². The fourth-order valence-electron chi connectivity index (χ4n) is 2.48. The van der Waals surface area contributed by atoms with Crippen LogP contribution < -0.4 is 0 Å². The number of rotatable bonds is 4. The Bertz CT molecular complexity index is 243. The lowest BCUT2D eigenvalue weighted by Gasteiger charge is -2.37. The van der Waals surface area contributed by atoms with Crippen LogP contribution in [-0.4, -0.2) is 18.5 Å². The van der Waals surface area contributed by atoms with Crippen molar-refractivity contribution >= 4 is 0 Å². The Hall–Kier alpha value is -0.340. The highest BCUT2D eigenvalue weighted by atomic mass is 16.7. The summed E-state index contributed by atoms with van der Waals surface area (Å²) >= 11 is 0. The maximum Gasteiger partial charge on any atom is 0.163 e. The summed E-state index contributed by atoms with van der Waals surface area (Å²) in [5, 5.41) is 0. The average molecular weight is 226 g/mol. The van der Waals surface area contributed by atoms with Crippen LogP contribution in [0.3, 0.4) is 0 Å². The zero-order valence-corrected chi connectivity index (χ0v) is 11.4. The Morgan fingerprint density at radius 2 is 2.19 bits per heavy atom. The summed E-state index contributed by atoms with van der Waals surface area (Å²) < 4.78 is 11.5. The normalized spacial score (nSPS) is 27.8. The quantitative estimate of drug-likeness (QED) is 0.677. The van der Waals surface area contributed by atoms with E-state index in [0.29, 0.717) is 12.0 Å². The maximum absolute atomic E-state index is 5.93. The molecule has 2 nitrogen and oxygen atoms in total. The SMILES string of the molecule is CC=C(CC)[C@@H](C)CC1CCOC(C)(C)O1. The first-order valence-electron chi connectivity index (χ1n) is 6.45. The van der Waals surface area contributed by atoms with E-state index in [0.717, 1.165) is 25.9 Å². The second-order valence-corrected chi connectivity index (χ2v) is 5.13. The predicted octanol–water partition coefficient (Wildman–Crippen LogP) is 3.91. The number of hydrogen-bond acceptors (Lipinski definition) is 2. The molecule has 0 amide bonds. The molecule has 1 heterocycles. The molecule has 2 atom stereocenters. The lowest BCUT2D eigenvalue weighted by atomic mass is 9.91. The van der Waals surface area contributed by atoms with Crippen LogP contribution in [0.2, 0.25) is 0 Å². The van der Waals surface area contributed by atoms with Crippen molar-refractivity contribution in [1.29, 1.82) is 0 Å². The number of allylic oxidation sites excluding steroid dienone is 2. The molecule has 2 heteroatoms. The van der Waals surface area contributed by atoms with Gasteiger partial charge in [-0.15, -0.1) is 0 Å². The van der Waals surface area contributed by atoms with Crippen molar-refractivity contribution in [2.75, 3.05) is 6.61 Å². The van der Waals surface area contributed by atoms with E-state index in [1.807, 2.05) is 13.8 Å². The van der Waals surface area contributed by atoms with Crippen molar-refractivity contribution in [3.8, 4) is 0 Å². The summed E-state index contributed by atoms with van der Waals surface area (Å²) in [7, 11) is 0. The van der Waals surface area contributed by atoms with Crippen LogP contribution in [0.4, 0.5) is 0 Å². The predicted molar refractivity (Wildman–Crippen MR) is 67.4 cm³/mol. The molecule has 16 heavy (non-hydrogen) atoms. The highest BCUT2D eigenvalue weighted by Gasteiger charge is 2.30. The molecule has 0 bridgehead atoms. The molecule has 1 aliphatic heterocycles. The van der Waals surface area contributed by atoms with Crippen molar-refractivity contribution in [2.24, 2.45) is 5.92 Å². The Morgan fingerprint density at radius 3 is 2.69 bits per heavy atom. The minimum Gasteiger partial charge on any atom is -0.350 e. The molecule has 0 aliphatic carbocycles. The molecular formula is C14H26O2. The van der Waals surface area contributed by atoms with Gasteiger partial charge in [0.05, 0.1) is 12.7 Å². The highest BCUT2D eigenvalue weighted by Crippen LogP contribution is 2.28. The highest BCUT2D eigenvalue weighted by molar-refractivity contribution is 5.04. The molecule has 1 fully saturated rings. The Kier molecular flexibility index (Phi) is 5.00. The summed E-state index contributed by atoms with van der Waals surface area (Å²) in [4.78, 5) is 0. The molecule has 0 radical (unpaired) electrons. The first-order chi connectivity index (χ1) is 7.48. The summed E-state index contributed by atoms with van der Waals surface area (Å²) in [5.74, 6) is 0.221. The van der Waals surface area contributed by atoms with Crippen LogP contribution >= 0.6 is 0 Å². The van der Waals surface area contributed by atoms with Gasteiger partial charge < -0.3 is 9.47 Å². The van der Waals surface area contributed by atoms with E-state index in [2.05, 4.69) is 26.8 Å². The van der Waals surface area contributed by atoms with Crippen LogP contribution in [0.5, 0.6) is 0 Å². The standard InChI is InChI=1S/C14H26O2/c1-6-12(7-2)11(3)10-13-8-9-15-14(4,5)16-13/h6,11,13H,7-10H2,1-5H3/t11-,13?/m0/s1. The van der Waals surface area contributed by atoms with E-state index in [-0.39, 0.29) is 0 Å². The zero-order valence-electron chi connectivity index (χ0n) is 11.4. The second kappa shape index (κ2) is 5.83. The van der Waals surface area contributed by atoms with Crippen molar-refractivity contribution in [3.63, 3.8) is 0 Å². The maximum atomic E-state index is 5.93. The molecule has 1 unspecified atom stereocenters. The van der Waals surface area contributed by atoms with E-state index in [1.165, 1.54) is 5.57 Å². The van der Waals surface area contributed by atoms with E-state index in [1.54, 1.807) is 0 Å². The van der Waals surface area contributed by atoms with Crippen molar-refractivity contribution in [2.45, 2.75) is 65.8 Å². The minimum atomic E-state index is -0.398. The van der Waals surface area contributed by atoms with Crippen LogP contribution in [0.15, 0.2) is 11.6 Å². The molecule has 0 aromatic carbocycles. The van der Waals surface area contributed by atoms with E-state index in [9.17, 15) is 0 Å². The first kappa shape index (κ1) is 13.7. The molecule has 94 valence electrons. The summed E-state index contributed by atoms with van der Waals surface area (Å²) in [5.41, 5.74) is 1.54. The average Bonchev–Trinajstić information content (AvgIpc) is 2.17. The molecule has 1 rings (SSSR count). The van der Waals surface area contributed by atoms with E-state index in [4.69, 9.17) is 9.47 Å². The fraction of sp³-hybridized carbons (Fsp3) is 0.857. The van der Waals surface area contributed by atoms with Crippen molar-refractivity contribution < 1.29 is 9.47 Å². The largest absolute Gasteiger partial charge is 0.350 e. The van der Waals surface area contributed by atoms with Crippen LogP contribution in [0.25, 0.3) is 0 Å². The van der Waals surface area contributed by atoms with Crippen LogP contribution in [0.1, 0.15) is 53.9 Å². The van der Waals surface area contributed by atoms with Gasteiger partial charge in [0.25, 0.3) is 0 Å². The van der Waals surface area contributed by atoms with Gasteiger partial charge in [0.2, 0.25) is 0 Å². The topological polar surface area (TPSA) is 18.5 Å². The molecule has 0 saturated carbocycles. The van der Waals surface area contributed by atoms with Gasteiger partial charge in [0.15, 0.2) is 5.79 Å². The number of hydrogen-bond donors (Lipinski definition) is 0. The van der Waals surface area contributed by atoms with E-state index >= 15 is 0 Å². The Balaban J connectivity index is 2.48. The summed E-state index contributed by atoms with van der Waals surface area (Å²) in [6.07, 6.45) is 5.87. The fourth-order valence-corrected chi connectivity index (χ4v) is 2.48. The summed E-state index contributed by atoms with van der Waals surface area (Å²) in [6.45, 7) is 11.5. The van der Waals surface area contributed by atoms with Gasteiger partial charge >= 0.3 is 0 Å². The molecule has 0 spiro atoms. The molecule has 0 aromatic heterocycles. The molecule has 0 N–H and O–H groups in total. The van der Waals surface area contributed by atoms with Crippen molar-refractivity contribution in [1.82, 2.24) is 0 Å². The third-order valence-electron chi connectivity index (χ3n) is 3.37. The Morgan fingerprint density at radius 1 is 1.50 bits per heavy atom. The smallest absolute Gasteiger partial charge is 0.163 e.